The molecule has 3 heterocycles. The molecule has 0 bridgehead atoms. The van der Waals surface area contributed by atoms with Gasteiger partial charge < -0.3 is 4.90 Å². The van der Waals surface area contributed by atoms with Crippen LogP contribution in [0.1, 0.15) is 4.88 Å². The molecular formula is C16H16BrN5OS2. The molecule has 0 atom stereocenters. The molecule has 6 nitrogen and oxygen atoms in total. The highest BCUT2D eigenvalue weighted by Crippen LogP contribution is 2.26. The Hall–Kier alpha value is -1.71. The fourth-order valence-corrected chi connectivity index (χ4v) is 4.68. The number of rotatable bonds is 7. The van der Waals surface area contributed by atoms with Gasteiger partial charge in [-0.1, -0.05) is 17.8 Å². The molecule has 3 aromatic heterocycles. The summed E-state index contributed by atoms with van der Waals surface area (Å²) in [6.07, 6.45) is 4.98. The van der Waals surface area contributed by atoms with Crippen molar-refractivity contribution in [1.82, 2.24) is 24.6 Å². The van der Waals surface area contributed by atoms with Gasteiger partial charge in [0.1, 0.15) is 11.4 Å². The van der Waals surface area contributed by atoms with E-state index in [0.29, 0.717) is 18.8 Å². The zero-order chi connectivity index (χ0) is 17.8. The Morgan fingerprint density at radius 3 is 3.04 bits per heavy atom. The van der Waals surface area contributed by atoms with Crippen molar-refractivity contribution in [1.29, 1.82) is 0 Å². The summed E-state index contributed by atoms with van der Waals surface area (Å²) >= 11 is 6.49. The van der Waals surface area contributed by atoms with E-state index in [9.17, 15) is 4.79 Å². The number of hydrogen-bond donors (Lipinski definition) is 0. The molecule has 1 amide bonds. The van der Waals surface area contributed by atoms with Gasteiger partial charge >= 0.3 is 0 Å². The van der Waals surface area contributed by atoms with E-state index in [1.807, 2.05) is 19.2 Å². The van der Waals surface area contributed by atoms with Crippen LogP contribution in [0.2, 0.25) is 0 Å². The van der Waals surface area contributed by atoms with Gasteiger partial charge in [0.25, 0.3) is 0 Å². The van der Waals surface area contributed by atoms with Crippen LogP contribution in [0, 0.1) is 0 Å². The molecule has 0 aliphatic heterocycles. The van der Waals surface area contributed by atoms with E-state index in [1.165, 1.54) is 18.1 Å². The van der Waals surface area contributed by atoms with Crippen LogP contribution in [0.5, 0.6) is 0 Å². The predicted molar refractivity (Wildman–Crippen MR) is 105 cm³/mol. The van der Waals surface area contributed by atoms with E-state index < -0.39 is 0 Å². The Morgan fingerprint density at radius 1 is 1.48 bits per heavy atom. The lowest BCUT2D eigenvalue weighted by atomic mass is 10.4. The van der Waals surface area contributed by atoms with Crippen LogP contribution in [-0.4, -0.2) is 42.9 Å². The third-order valence-electron chi connectivity index (χ3n) is 3.50. The fraction of sp³-hybridized carbons (Fsp3) is 0.250. The van der Waals surface area contributed by atoms with Gasteiger partial charge in [-0.15, -0.1) is 17.9 Å². The highest BCUT2D eigenvalue weighted by molar-refractivity contribution is 9.11. The second-order valence-electron chi connectivity index (χ2n) is 5.24. The van der Waals surface area contributed by atoms with Crippen LogP contribution in [0.4, 0.5) is 0 Å². The number of thiophene rings is 1. The number of hydrogen-bond acceptors (Lipinski definition) is 6. The summed E-state index contributed by atoms with van der Waals surface area (Å²) in [6, 6.07) is 4.01. The van der Waals surface area contributed by atoms with Gasteiger partial charge in [-0.25, -0.2) is 9.97 Å². The van der Waals surface area contributed by atoms with E-state index in [2.05, 4.69) is 37.6 Å². The third-order valence-corrected chi connectivity index (χ3v) is 6.10. The highest BCUT2D eigenvalue weighted by Gasteiger charge is 2.16. The smallest absolute Gasteiger partial charge is 0.233 e. The average Bonchev–Trinajstić information content (AvgIpc) is 3.18. The lowest BCUT2D eigenvalue weighted by Crippen LogP contribution is -2.31. The summed E-state index contributed by atoms with van der Waals surface area (Å²) in [5.41, 5.74) is 0.760. The molecule has 0 fully saturated rings. The van der Waals surface area contributed by atoms with Gasteiger partial charge in [0.05, 0.1) is 27.7 Å². The van der Waals surface area contributed by atoms with E-state index in [-0.39, 0.29) is 5.91 Å². The summed E-state index contributed by atoms with van der Waals surface area (Å²) in [5.74, 6) is 0.353. The fourth-order valence-electron chi connectivity index (χ4n) is 2.31. The van der Waals surface area contributed by atoms with E-state index in [1.54, 1.807) is 33.2 Å². The predicted octanol–water partition coefficient (Wildman–Crippen LogP) is 3.49. The van der Waals surface area contributed by atoms with Crippen molar-refractivity contribution < 1.29 is 4.79 Å². The van der Waals surface area contributed by atoms with E-state index >= 15 is 0 Å². The molecule has 0 unspecified atom stereocenters. The molecule has 3 aromatic rings. The number of aryl methyl sites for hydroxylation is 1. The van der Waals surface area contributed by atoms with Crippen molar-refractivity contribution in [3.05, 3.63) is 46.0 Å². The van der Waals surface area contributed by atoms with Crippen molar-refractivity contribution >= 4 is 56.0 Å². The quantitative estimate of drug-likeness (QED) is 0.321. The van der Waals surface area contributed by atoms with Crippen LogP contribution in [-0.2, 0) is 18.4 Å². The Morgan fingerprint density at radius 2 is 2.32 bits per heavy atom. The van der Waals surface area contributed by atoms with Gasteiger partial charge in [0.15, 0.2) is 5.65 Å². The second kappa shape index (κ2) is 8.11. The van der Waals surface area contributed by atoms with Gasteiger partial charge in [-0.05, 0) is 28.1 Å². The number of fused-ring (bicyclic) bond motifs is 1. The molecule has 0 saturated heterocycles. The minimum Gasteiger partial charge on any atom is -0.333 e. The maximum atomic E-state index is 12.6. The normalized spacial score (nSPS) is 11.0. The Labute approximate surface area is 162 Å². The number of carbonyl (C=O) groups is 1. The summed E-state index contributed by atoms with van der Waals surface area (Å²) in [7, 11) is 1.83. The van der Waals surface area contributed by atoms with Crippen molar-refractivity contribution in [3.63, 3.8) is 0 Å². The second-order valence-corrected chi connectivity index (χ2v) is 8.75. The number of amides is 1. The maximum Gasteiger partial charge on any atom is 0.233 e. The van der Waals surface area contributed by atoms with E-state index in [0.717, 1.165) is 24.7 Å². The number of thioether (sulfide) groups is 1. The summed E-state index contributed by atoms with van der Waals surface area (Å²) < 4.78 is 2.75. The molecule has 0 saturated carbocycles. The lowest BCUT2D eigenvalue weighted by Gasteiger charge is -2.20. The topological polar surface area (TPSA) is 63.9 Å². The van der Waals surface area contributed by atoms with Gasteiger partial charge in [0.2, 0.25) is 5.91 Å². The van der Waals surface area contributed by atoms with Crippen LogP contribution in [0.25, 0.3) is 11.0 Å². The SMILES string of the molecule is C=CCN(Cc1ccc(Br)s1)C(=O)CSc1ncnc2c1cnn2C. The monoisotopic (exact) mass is 437 g/mol. The maximum absolute atomic E-state index is 12.6. The summed E-state index contributed by atoms with van der Waals surface area (Å²) in [6.45, 7) is 4.85. The molecule has 130 valence electrons. The molecule has 0 radical (unpaired) electrons. The minimum atomic E-state index is 0.0464. The molecule has 0 spiro atoms. The summed E-state index contributed by atoms with van der Waals surface area (Å²) in [5, 5.41) is 5.82. The van der Waals surface area contributed by atoms with Gasteiger partial charge in [-0.2, -0.15) is 5.10 Å². The standard InChI is InChI=1S/C16H16BrN5OS2/c1-3-6-22(8-11-4-5-13(17)25-11)14(23)9-24-16-12-7-20-21(2)15(12)18-10-19-16/h3-5,7,10H,1,6,8-9H2,2H3. The van der Waals surface area contributed by atoms with Gasteiger partial charge in [0, 0.05) is 18.5 Å². The number of carbonyl (C=O) groups excluding carboxylic acids is 1. The van der Waals surface area contributed by atoms with Crippen molar-refractivity contribution in [2.24, 2.45) is 7.05 Å². The Bertz CT molecular complexity index is 907. The molecule has 25 heavy (non-hydrogen) atoms. The molecule has 9 heteroatoms. The van der Waals surface area contributed by atoms with Crippen LogP contribution in [0.15, 0.2) is 46.1 Å². The first-order valence-electron chi connectivity index (χ1n) is 7.47. The molecule has 3 rings (SSSR count). The molecule has 0 N–H and O–H groups in total. The minimum absolute atomic E-state index is 0.0464. The van der Waals surface area contributed by atoms with E-state index in [4.69, 9.17) is 0 Å². The molecular weight excluding hydrogens is 422 g/mol. The average molecular weight is 438 g/mol. The first kappa shape index (κ1) is 18.1. The Kier molecular flexibility index (Phi) is 5.87. The number of aromatic nitrogens is 4. The van der Waals surface area contributed by atoms with Crippen molar-refractivity contribution in [2.45, 2.75) is 11.6 Å². The largest absolute Gasteiger partial charge is 0.333 e. The number of halogens is 1. The van der Waals surface area contributed by atoms with Gasteiger partial charge in [-0.3, -0.25) is 9.48 Å². The summed E-state index contributed by atoms with van der Waals surface area (Å²) in [4.78, 5) is 24.1. The number of nitrogens with zero attached hydrogens (tertiary/aromatic N) is 5. The zero-order valence-electron chi connectivity index (χ0n) is 13.6. The molecule has 0 aliphatic rings. The zero-order valence-corrected chi connectivity index (χ0v) is 16.8. The van der Waals surface area contributed by atoms with Crippen molar-refractivity contribution in [2.75, 3.05) is 12.3 Å². The highest BCUT2D eigenvalue weighted by atomic mass is 79.9. The van der Waals surface area contributed by atoms with Crippen LogP contribution in [0.3, 0.4) is 0 Å². The van der Waals surface area contributed by atoms with Crippen LogP contribution < -0.4 is 0 Å². The first-order valence-corrected chi connectivity index (χ1v) is 10.1. The van der Waals surface area contributed by atoms with Crippen molar-refractivity contribution in [3.8, 4) is 0 Å². The third kappa shape index (κ3) is 4.28. The van der Waals surface area contributed by atoms with Crippen LogP contribution >= 0.6 is 39.0 Å². The first-order chi connectivity index (χ1) is 12.1. The molecule has 0 aromatic carbocycles. The lowest BCUT2D eigenvalue weighted by molar-refractivity contribution is -0.128. The Balaban J connectivity index is 1.69. The molecule has 0 aliphatic carbocycles.